The summed E-state index contributed by atoms with van der Waals surface area (Å²) in [4.78, 5) is 29.6. The summed E-state index contributed by atoms with van der Waals surface area (Å²) in [6.45, 7) is 0. The molecule has 18 heavy (non-hydrogen) atoms. The summed E-state index contributed by atoms with van der Waals surface area (Å²) in [6, 6.07) is 5.38. The fourth-order valence-electron chi connectivity index (χ4n) is 2.80. The van der Waals surface area contributed by atoms with E-state index in [1.807, 2.05) is 0 Å². The molecule has 90 valence electrons. The predicted octanol–water partition coefficient (Wildman–Crippen LogP) is 1.51. The highest BCUT2D eigenvalue weighted by molar-refractivity contribution is 6.21. The molecule has 1 aromatic rings. The lowest BCUT2D eigenvalue weighted by molar-refractivity contribution is 0.0512. The summed E-state index contributed by atoms with van der Waals surface area (Å²) in [5.74, 6) is -0.814. The number of nitriles is 1. The molecule has 1 aliphatic heterocycles. The molecule has 5 nitrogen and oxygen atoms in total. The summed E-state index contributed by atoms with van der Waals surface area (Å²) in [5, 5.41) is 9.37. The van der Waals surface area contributed by atoms with Gasteiger partial charge >= 0.3 is 0 Å². The molecule has 0 unspecified atom stereocenters. The van der Waals surface area contributed by atoms with Crippen molar-refractivity contribution in [3.63, 3.8) is 0 Å². The van der Waals surface area contributed by atoms with Crippen molar-refractivity contribution >= 4 is 11.8 Å². The van der Waals surface area contributed by atoms with Gasteiger partial charge in [0.2, 0.25) is 0 Å². The second-order valence-corrected chi connectivity index (χ2v) is 4.70. The number of amides is 2. The van der Waals surface area contributed by atoms with Crippen LogP contribution in [0.3, 0.4) is 0 Å². The van der Waals surface area contributed by atoms with Crippen LogP contribution < -0.4 is 0 Å². The van der Waals surface area contributed by atoms with E-state index in [4.69, 9.17) is 0 Å². The van der Waals surface area contributed by atoms with E-state index in [0.29, 0.717) is 18.4 Å². The number of aromatic nitrogens is 1. The second kappa shape index (κ2) is 3.64. The Balaban J connectivity index is 2.10. The summed E-state index contributed by atoms with van der Waals surface area (Å²) >= 11 is 0. The van der Waals surface area contributed by atoms with Crippen LogP contribution in [0.15, 0.2) is 18.3 Å². The minimum Gasteiger partial charge on any atom is -0.268 e. The van der Waals surface area contributed by atoms with Crippen LogP contribution in [0.2, 0.25) is 0 Å². The average Bonchev–Trinajstić information content (AvgIpc) is 2.96. The third kappa shape index (κ3) is 1.23. The van der Waals surface area contributed by atoms with Crippen LogP contribution >= 0.6 is 0 Å². The normalized spacial score (nSPS) is 20.9. The second-order valence-electron chi connectivity index (χ2n) is 4.70. The quantitative estimate of drug-likeness (QED) is 0.698. The first kappa shape index (κ1) is 10.9. The Morgan fingerprint density at radius 3 is 2.61 bits per heavy atom. The van der Waals surface area contributed by atoms with Gasteiger partial charge in [0.1, 0.15) is 11.2 Å². The van der Waals surface area contributed by atoms with E-state index in [1.54, 1.807) is 12.1 Å². The first-order valence-electron chi connectivity index (χ1n) is 5.95. The van der Waals surface area contributed by atoms with Gasteiger partial charge in [-0.15, -0.1) is 0 Å². The lowest BCUT2D eigenvalue weighted by Gasteiger charge is -2.29. The number of nitrogens with zero attached hydrogens (tertiary/aromatic N) is 3. The Kier molecular flexibility index (Phi) is 2.20. The van der Waals surface area contributed by atoms with Crippen molar-refractivity contribution in [2.24, 2.45) is 0 Å². The molecule has 0 spiro atoms. The summed E-state index contributed by atoms with van der Waals surface area (Å²) < 4.78 is 0. The van der Waals surface area contributed by atoms with E-state index < -0.39 is 11.4 Å². The standard InChI is InChI=1S/C13H11N3O2/c14-8-13(5-1-2-6-13)16-11(17)9-4-3-7-15-10(9)12(16)18/h3-4,7H,1-2,5-6H2. The molecule has 0 aromatic carbocycles. The number of pyridine rings is 1. The number of carbonyl (C=O) groups excluding carboxylic acids is 2. The van der Waals surface area contributed by atoms with Crippen LogP contribution in [0.1, 0.15) is 46.5 Å². The van der Waals surface area contributed by atoms with Gasteiger partial charge in [-0.3, -0.25) is 19.5 Å². The smallest absolute Gasteiger partial charge is 0.268 e. The number of fused-ring (bicyclic) bond motifs is 1. The van der Waals surface area contributed by atoms with Crippen molar-refractivity contribution < 1.29 is 9.59 Å². The molecule has 0 radical (unpaired) electrons. The molecular weight excluding hydrogens is 230 g/mol. The molecule has 1 aliphatic carbocycles. The predicted molar refractivity (Wildman–Crippen MR) is 61.5 cm³/mol. The number of hydrogen-bond donors (Lipinski definition) is 0. The number of rotatable bonds is 1. The maximum Gasteiger partial charge on any atom is 0.281 e. The number of carbonyl (C=O) groups is 2. The molecule has 3 rings (SSSR count). The van der Waals surface area contributed by atoms with Crippen molar-refractivity contribution in [2.45, 2.75) is 31.2 Å². The van der Waals surface area contributed by atoms with Crippen LogP contribution in [-0.2, 0) is 0 Å². The Morgan fingerprint density at radius 1 is 1.28 bits per heavy atom. The highest BCUT2D eigenvalue weighted by Gasteiger charge is 2.51. The average molecular weight is 241 g/mol. The summed E-state index contributed by atoms with van der Waals surface area (Å²) in [5.41, 5.74) is -0.484. The zero-order valence-corrected chi connectivity index (χ0v) is 9.72. The molecule has 0 N–H and O–H groups in total. The van der Waals surface area contributed by atoms with Gasteiger partial charge in [0, 0.05) is 6.20 Å². The van der Waals surface area contributed by atoms with Crippen LogP contribution in [0.25, 0.3) is 0 Å². The minimum absolute atomic E-state index is 0.170. The van der Waals surface area contributed by atoms with Gasteiger partial charge in [-0.25, -0.2) is 0 Å². The molecule has 5 heteroatoms. The SMILES string of the molecule is N#CC1(N2C(=O)c3cccnc3C2=O)CCCC1. The maximum absolute atomic E-state index is 12.3. The Labute approximate surface area is 104 Å². The molecule has 1 fully saturated rings. The van der Waals surface area contributed by atoms with Gasteiger partial charge in [0.05, 0.1) is 11.6 Å². The van der Waals surface area contributed by atoms with Gasteiger partial charge in [0.15, 0.2) is 0 Å². The third-order valence-corrected chi connectivity index (χ3v) is 3.71. The van der Waals surface area contributed by atoms with Gasteiger partial charge in [-0.1, -0.05) is 0 Å². The minimum atomic E-state index is -0.963. The maximum atomic E-state index is 12.3. The van der Waals surface area contributed by atoms with Crippen LogP contribution in [-0.4, -0.2) is 27.2 Å². The van der Waals surface area contributed by atoms with E-state index in [2.05, 4.69) is 11.1 Å². The van der Waals surface area contributed by atoms with Crippen molar-refractivity contribution in [3.05, 3.63) is 29.6 Å². The highest BCUT2D eigenvalue weighted by atomic mass is 16.2. The topological polar surface area (TPSA) is 74.1 Å². The first-order chi connectivity index (χ1) is 8.69. The van der Waals surface area contributed by atoms with Gasteiger partial charge in [0.25, 0.3) is 11.8 Å². The Bertz CT molecular complexity index is 547. The summed E-state index contributed by atoms with van der Waals surface area (Å²) in [6.07, 6.45) is 4.36. The largest absolute Gasteiger partial charge is 0.281 e. The summed E-state index contributed by atoms with van der Waals surface area (Å²) in [7, 11) is 0. The molecule has 1 aromatic heterocycles. The Hall–Kier alpha value is -2.22. The molecular formula is C13H11N3O2. The molecule has 2 heterocycles. The molecule has 2 amide bonds. The van der Waals surface area contributed by atoms with E-state index in [-0.39, 0.29) is 11.6 Å². The first-order valence-corrected chi connectivity index (χ1v) is 5.95. The molecule has 2 aliphatic rings. The lowest BCUT2D eigenvalue weighted by atomic mass is 9.97. The number of hydrogen-bond acceptors (Lipinski definition) is 4. The monoisotopic (exact) mass is 241 g/mol. The van der Waals surface area contributed by atoms with E-state index in [0.717, 1.165) is 17.7 Å². The van der Waals surface area contributed by atoms with Crippen LogP contribution in [0, 0.1) is 11.3 Å². The van der Waals surface area contributed by atoms with E-state index in [1.165, 1.54) is 6.20 Å². The van der Waals surface area contributed by atoms with Gasteiger partial charge in [-0.05, 0) is 37.8 Å². The van der Waals surface area contributed by atoms with Crippen molar-refractivity contribution in [2.75, 3.05) is 0 Å². The fourth-order valence-corrected chi connectivity index (χ4v) is 2.80. The molecule has 0 bridgehead atoms. The number of imide groups is 1. The fraction of sp³-hybridized carbons (Fsp3) is 0.385. The molecule has 0 saturated heterocycles. The van der Waals surface area contributed by atoms with Gasteiger partial charge in [-0.2, -0.15) is 5.26 Å². The van der Waals surface area contributed by atoms with Crippen molar-refractivity contribution in [3.8, 4) is 6.07 Å². The van der Waals surface area contributed by atoms with Crippen molar-refractivity contribution in [1.29, 1.82) is 5.26 Å². The van der Waals surface area contributed by atoms with E-state index >= 15 is 0 Å². The zero-order chi connectivity index (χ0) is 12.8. The lowest BCUT2D eigenvalue weighted by Crippen LogP contribution is -2.49. The van der Waals surface area contributed by atoms with E-state index in [9.17, 15) is 14.9 Å². The Morgan fingerprint density at radius 2 is 2.00 bits per heavy atom. The third-order valence-electron chi connectivity index (χ3n) is 3.71. The zero-order valence-electron chi connectivity index (χ0n) is 9.72. The molecule has 1 saturated carbocycles. The highest BCUT2D eigenvalue weighted by Crippen LogP contribution is 2.39. The van der Waals surface area contributed by atoms with Crippen molar-refractivity contribution in [1.82, 2.24) is 9.88 Å². The van der Waals surface area contributed by atoms with Gasteiger partial charge < -0.3 is 0 Å². The van der Waals surface area contributed by atoms with Crippen LogP contribution in [0.4, 0.5) is 0 Å². The van der Waals surface area contributed by atoms with Crippen LogP contribution in [0.5, 0.6) is 0 Å². The molecule has 0 atom stereocenters.